The fraction of sp³-hybridized carbons (Fsp3) is 0.458. The zero-order chi connectivity index (χ0) is 25.1. The minimum atomic E-state index is -1.43. The van der Waals surface area contributed by atoms with Crippen LogP contribution in [-0.2, 0) is 11.3 Å². The lowest BCUT2D eigenvalue weighted by Gasteiger charge is -2.37. The Kier molecular flexibility index (Phi) is 6.81. The van der Waals surface area contributed by atoms with Gasteiger partial charge in [-0.15, -0.1) is 0 Å². The number of anilines is 2. The standard InChI is InChI=1S/C24H32N10O2/c1-16-12-19(29-20-13-17(2)31-32-20)30-23(28-16)33-10-6-24(36,7-11-33)22(35)26-15-18-4-5-21(25-14-18)34-9-3-8-27-34/h3-5,8-9,12,14,17,20,31-32,36H,6-7,10-11,13,15H2,1-2H3,(H,26,35)(H,28,29,30). The van der Waals surface area contributed by atoms with Crippen molar-refractivity contribution in [1.82, 2.24) is 40.9 Å². The third kappa shape index (κ3) is 5.45. The van der Waals surface area contributed by atoms with Gasteiger partial charge in [0.05, 0.1) is 6.17 Å². The number of hydrogen-bond donors (Lipinski definition) is 5. The molecule has 2 atom stereocenters. The van der Waals surface area contributed by atoms with Crippen LogP contribution >= 0.6 is 0 Å². The van der Waals surface area contributed by atoms with Crippen molar-refractivity contribution in [2.75, 3.05) is 23.3 Å². The van der Waals surface area contributed by atoms with E-state index in [4.69, 9.17) is 0 Å². The molecule has 2 saturated heterocycles. The van der Waals surface area contributed by atoms with Gasteiger partial charge in [-0.2, -0.15) is 10.1 Å². The summed E-state index contributed by atoms with van der Waals surface area (Å²) in [7, 11) is 0. The van der Waals surface area contributed by atoms with E-state index in [1.807, 2.05) is 42.3 Å². The lowest BCUT2D eigenvalue weighted by Crippen LogP contribution is -2.54. The Morgan fingerprint density at radius 2 is 2.08 bits per heavy atom. The normalized spacial score (nSPS) is 21.4. The molecule has 0 bridgehead atoms. The molecule has 12 nitrogen and oxygen atoms in total. The lowest BCUT2D eigenvalue weighted by atomic mass is 9.90. The Bertz CT molecular complexity index is 1180. The van der Waals surface area contributed by atoms with Crippen LogP contribution in [0.4, 0.5) is 11.8 Å². The third-order valence-corrected chi connectivity index (χ3v) is 6.56. The average Bonchev–Trinajstić information content (AvgIpc) is 3.55. The summed E-state index contributed by atoms with van der Waals surface area (Å²) in [6, 6.07) is 7.85. The number of aromatic nitrogens is 5. The van der Waals surface area contributed by atoms with Crippen LogP contribution in [0.1, 0.15) is 37.4 Å². The highest BCUT2D eigenvalue weighted by Gasteiger charge is 2.39. The molecule has 190 valence electrons. The molecule has 36 heavy (non-hydrogen) atoms. The largest absolute Gasteiger partial charge is 0.380 e. The van der Waals surface area contributed by atoms with Crippen molar-refractivity contribution >= 4 is 17.7 Å². The molecule has 1 amide bonds. The van der Waals surface area contributed by atoms with Crippen molar-refractivity contribution in [1.29, 1.82) is 0 Å². The summed E-state index contributed by atoms with van der Waals surface area (Å²) in [5.74, 6) is 1.67. The Morgan fingerprint density at radius 1 is 1.25 bits per heavy atom. The van der Waals surface area contributed by atoms with Gasteiger partial charge in [-0.25, -0.2) is 20.1 Å². The summed E-state index contributed by atoms with van der Waals surface area (Å²) in [5.41, 5.74) is 6.67. The van der Waals surface area contributed by atoms with Crippen molar-refractivity contribution < 1.29 is 9.90 Å². The van der Waals surface area contributed by atoms with Crippen LogP contribution in [0.3, 0.4) is 0 Å². The van der Waals surface area contributed by atoms with Crippen LogP contribution in [-0.4, -0.2) is 66.6 Å². The molecule has 5 rings (SSSR count). The summed E-state index contributed by atoms with van der Waals surface area (Å²) in [5, 5.41) is 21.4. The van der Waals surface area contributed by atoms with Crippen molar-refractivity contribution in [3.05, 3.63) is 54.1 Å². The first-order chi connectivity index (χ1) is 17.4. The number of piperidine rings is 1. The second kappa shape index (κ2) is 10.2. The van der Waals surface area contributed by atoms with Crippen LogP contribution in [0.25, 0.3) is 5.82 Å². The second-order valence-corrected chi connectivity index (χ2v) is 9.49. The van der Waals surface area contributed by atoms with E-state index >= 15 is 0 Å². The van der Waals surface area contributed by atoms with Gasteiger partial charge in [0.15, 0.2) is 5.82 Å². The molecule has 2 aliphatic rings. The molecule has 2 fully saturated rings. The van der Waals surface area contributed by atoms with Crippen molar-refractivity contribution in [2.45, 2.75) is 57.5 Å². The topological polar surface area (TPSA) is 145 Å². The number of aryl methyl sites for hydroxylation is 1. The van der Waals surface area contributed by atoms with Crippen LogP contribution in [0.15, 0.2) is 42.9 Å². The van der Waals surface area contributed by atoms with E-state index in [9.17, 15) is 9.90 Å². The van der Waals surface area contributed by atoms with Crippen molar-refractivity contribution in [2.24, 2.45) is 0 Å². The predicted octanol–water partition coefficient (Wildman–Crippen LogP) is 0.638. The number of nitrogens with zero attached hydrogens (tertiary/aromatic N) is 6. The molecule has 0 aromatic carbocycles. The molecule has 2 aliphatic heterocycles. The van der Waals surface area contributed by atoms with E-state index in [0.717, 1.165) is 23.5 Å². The van der Waals surface area contributed by atoms with Gasteiger partial charge in [0.2, 0.25) is 5.95 Å². The SMILES string of the molecule is Cc1cc(NC2CC(C)NN2)nc(N2CCC(O)(C(=O)NCc3ccc(-n4cccn4)nc3)CC2)n1. The van der Waals surface area contributed by atoms with Gasteiger partial charge in [-0.1, -0.05) is 6.07 Å². The van der Waals surface area contributed by atoms with E-state index < -0.39 is 5.60 Å². The maximum absolute atomic E-state index is 12.8. The van der Waals surface area contributed by atoms with Gasteiger partial charge in [0.1, 0.15) is 11.4 Å². The van der Waals surface area contributed by atoms with E-state index in [-0.39, 0.29) is 18.6 Å². The highest BCUT2D eigenvalue weighted by atomic mass is 16.3. The van der Waals surface area contributed by atoms with Crippen molar-refractivity contribution in [3.63, 3.8) is 0 Å². The first kappa shape index (κ1) is 24.1. The quantitative estimate of drug-likeness (QED) is 0.318. The van der Waals surface area contributed by atoms with Crippen LogP contribution in [0.5, 0.6) is 0 Å². The number of hydrazine groups is 1. The zero-order valence-corrected chi connectivity index (χ0v) is 20.5. The van der Waals surface area contributed by atoms with E-state index in [1.54, 1.807) is 17.1 Å². The first-order valence-electron chi connectivity index (χ1n) is 12.2. The molecule has 0 radical (unpaired) electrons. The van der Waals surface area contributed by atoms with Crippen LogP contribution in [0, 0.1) is 6.92 Å². The molecule has 3 aromatic heterocycles. The van der Waals surface area contributed by atoms with Crippen LogP contribution in [0.2, 0.25) is 0 Å². The molecule has 2 unspecified atom stereocenters. The van der Waals surface area contributed by atoms with Crippen molar-refractivity contribution in [3.8, 4) is 5.82 Å². The number of pyridine rings is 1. The summed E-state index contributed by atoms with van der Waals surface area (Å²) in [4.78, 5) is 28.5. The molecular formula is C24H32N10O2. The fourth-order valence-corrected chi connectivity index (χ4v) is 4.47. The van der Waals surface area contributed by atoms with Gasteiger partial charge < -0.3 is 20.6 Å². The monoisotopic (exact) mass is 492 g/mol. The number of aliphatic hydroxyl groups is 1. The lowest BCUT2D eigenvalue weighted by molar-refractivity contribution is -0.142. The highest BCUT2D eigenvalue weighted by Crippen LogP contribution is 2.26. The molecule has 5 N–H and O–H groups in total. The average molecular weight is 493 g/mol. The molecule has 12 heteroatoms. The fourth-order valence-electron chi connectivity index (χ4n) is 4.47. The Hall–Kier alpha value is -3.61. The first-order valence-corrected chi connectivity index (χ1v) is 12.2. The number of amides is 1. The number of rotatable bonds is 7. The molecular weight excluding hydrogens is 460 g/mol. The van der Waals surface area contributed by atoms with E-state index in [0.29, 0.717) is 43.7 Å². The Labute approximate surface area is 209 Å². The second-order valence-electron chi connectivity index (χ2n) is 9.49. The molecule has 0 spiro atoms. The number of nitrogens with one attached hydrogen (secondary N) is 4. The van der Waals surface area contributed by atoms with Crippen LogP contribution < -0.4 is 26.4 Å². The van der Waals surface area contributed by atoms with Gasteiger partial charge in [-0.3, -0.25) is 10.2 Å². The Morgan fingerprint density at radius 3 is 2.75 bits per heavy atom. The zero-order valence-electron chi connectivity index (χ0n) is 20.5. The smallest absolute Gasteiger partial charge is 0.252 e. The number of hydrogen-bond acceptors (Lipinski definition) is 10. The summed E-state index contributed by atoms with van der Waals surface area (Å²) < 4.78 is 1.67. The van der Waals surface area contributed by atoms with E-state index in [1.165, 1.54) is 0 Å². The van der Waals surface area contributed by atoms with Gasteiger partial charge in [0, 0.05) is 68.9 Å². The molecule has 0 saturated carbocycles. The minimum Gasteiger partial charge on any atom is -0.380 e. The Balaban J connectivity index is 1.15. The molecule has 5 heterocycles. The minimum absolute atomic E-state index is 0.0919. The molecule has 0 aliphatic carbocycles. The maximum Gasteiger partial charge on any atom is 0.252 e. The van der Waals surface area contributed by atoms with E-state index in [2.05, 4.69) is 48.5 Å². The maximum atomic E-state index is 12.8. The summed E-state index contributed by atoms with van der Waals surface area (Å²) in [6.07, 6.45) is 6.82. The highest BCUT2D eigenvalue weighted by molar-refractivity contribution is 5.85. The summed E-state index contributed by atoms with van der Waals surface area (Å²) in [6.45, 7) is 5.30. The number of carbonyl (C=O) groups is 1. The molecule has 3 aromatic rings. The van der Waals surface area contributed by atoms with Gasteiger partial charge in [-0.05, 0) is 38.0 Å². The predicted molar refractivity (Wildman–Crippen MR) is 134 cm³/mol. The van der Waals surface area contributed by atoms with Gasteiger partial charge >= 0.3 is 0 Å². The third-order valence-electron chi connectivity index (χ3n) is 6.56. The van der Waals surface area contributed by atoms with Gasteiger partial charge in [0.25, 0.3) is 5.91 Å². The number of carbonyl (C=O) groups excluding carboxylic acids is 1. The summed E-state index contributed by atoms with van der Waals surface area (Å²) >= 11 is 0.